The van der Waals surface area contributed by atoms with Gasteiger partial charge in [-0.1, -0.05) is 6.42 Å². The Morgan fingerprint density at radius 1 is 1.19 bits per heavy atom. The van der Waals surface area contributed by atoms with Gasteiger partial charge >= 0.3 is 0 Å². The van der Waals surface area contributed by atoms with Crippen LogP contribution in [0.3, 0.4) is 0 Å². The van der Waals surface area contributed by atoms with Crippen LogP contribution in [0.5, 0.6) is 5.75 Å². The lowest BCUT2D eigenvalue weighted by molar-refractivity contribution is -0.133. The predicted octanol–water partition coefficient (Wildman–Crippen LogP) is 4.71. The largest absolute Gasteiger partial charge is 0.497 e. The summed E-state index contributed by atoms with van der Waals surface area (Å²) in [5.74, 6) is 4.29. The fourth-order valence-corrected chi connectivity index (χ4v) is 6.01. The Bertz CT molecular complexity index is 834. The summed E-state index contributed by atoms with van der Waals surface area (Å²) in [6.45, 7) is 1.81. The van der Waals surface area contributed by atoms with E-state index in [1.165, 1.54) is 42.1 Å². The van der Waals surface area contributed by atoms with Gasteiger partial charge in [0, 0.05) is 36.6 Å². The van der Waals surface area contributed by atoms with Crippen molar-refractivity contribution in [2.45, 2.75) is 50.9 Å². The summed E-state index contributed by atoms with van der Waals surface area (Å²) in [6, 6.07) is 6.22. The Hall–Kier alpha value is -1.97. The number of hydrogen-bond acceptors (Lipinski definition) is 2. The van der Waals surface area contributed by atoms with Gasteiger partial charge in [0.05, 0.1) is 7.11 Å². The molecule has 2 aromatic rings. The van der Waals surface area contributed by atoms with Crippen LogP contribution in [0.25, 0.3) is 10.9 Å². The number of ether oxygens (including phenoxy) is 1. The van der Waals surface area contributed by atoms with Gasteiger partial charge in [0.2, 0.25) is 5.91 Å². The number of nitrogens with one attached hydrogen (secondary N) is 1. The zero-order valence-electron chi connectivity index (χ0n) is 16.2. The molecular weight excluding hydrogens is 336 g/mol. The maximum absolute atomic E-state index is 12.8. The van der Waals surface area contributed by atoms with Gasteiger partial charge in [-0.25, -0.2) is 0 Å². The number of aromatic nitrogens is 1. The molecule has 4 nitrogen and oxygen atoms in total. The fraction of sp³-hybridized carbons (Fsp3) is 0.609. The molecule has 1 amide bonds. The van der Waals surface area contributed by atoms with E-state index in [0.29, 0.717) is 17.7 Å². The average molecular weight is 367 g/mol. The summed E-state index contributed by atoms with van der Waals surface area (Å²) in [5.41, 5.74) is 2.55. The summed E-state index contributed by atoms with van der Waals surface area (Å²) in [7, 11) is 1.72. The maximum Gasteiger partial charge on any atom is 0.222 e. The first-order valence-corrected chi connectivity index (χ1v) is 10.6. The van der Waals surface area contributed by atoms with Crippen molar-refractivity contribution in [3.63, 3.8) is 0 Å². The van der Waals surface area contributed by atoms with Gasteiger partial charge in [-0.2, -0.15) is 0 Å². The molecule has 3 atom stereocenters. The number of carbonyl (C=O) groups is 1. The standard InChI is InChI=1S/C23H30N2O2/c1-27-19-4-5-22-20(13-19)21(14-24-22)16-6-8-25(9-7-16)23(26)12-18-11-15-2-3-17(18)10-15/h4-5,13-18,24H,2-3,6-12H2,1H3. The molecule has 1 aliphatic heterocycles. The van der Waals surface area contributed by atoms with E-state index in [2.05, 4.69) is 28.2 Å². The molecule has 3 aliphatic rings. The van der Waals surface area contributed by atoms with Crippen LogP contribution in [0.4, 0.5) is 0 Å². The normalized spacial score (nSPS) is 28.2. The molecule has 2 aliphatic carbocycles. The van der Waals surface area contributed by atoms with E-state index >= 15 is 0 Å². The lowest BCUT2D eigenvalue weighted by atomic mass is 9.85. The Balaban J connectivity index is 1.22. The second kappa shape index (κ2) is 6.88. The monoisotopic (exact) mass is 366 g/mol. The smallest absolute Gasteiger partial charge is 0.222 e. The van der Waals surface area contributed by atoms with Crippen LogP contribution in [0.15, 0.2) is 24.4 Å². The Morgan fingerprint density at radius 2 is 2.04 bits per heavy atom. The number of piperidine rings is 1. The number of methoxy groups -OCH3 is 1. The van der Waals surface area contributed by atoms with Gasteiger partial charge in [-0.3, -0.25) is 4.79 Å². The fourth-order valence-electron chi connectivity index (χ4n) is 6.01. The molecular formula is C23H30N2O2. The van der Waals surface area contributed by atoms with Crippen LogP contribution in [-0.4, -0.2) is 36.0 Å². The van der Waals surface area contributed by atoms with Crippen molar-refractivity contribution in [2.24, 2.45) is 17.8 Å². The van der Waals surface area contributed by atoms with Crippen molar-refractivity contribution in [3.05, 3.63) is 30.0 Å². The first-order chi connectivity index (χ1) is 13.2. The summed E-state index contributed by atoms with van der Waals surface area (Å²) in [4.78, 5) is 18.4. The molecule has 1 aromatic carbocycles. The first kappa shape index (κ1) is 17.2. The Labute approximate surface area is 161 Å². The number of rotatable bonds is 4. The molecule has 3 fully saturated rings. The molecule has 5 rings (SSSR count). The molecule has 27 heavy (non-hydrogen) atoms. The van der Waals surface area contributed by atoms with E-state index in [1.807, 2.05) is 6.07 Å². The number of amides is 1. The van der Waals surface area contributed by atoms with Crippen LogP contribution in [0.1, 0.15) is 56.4 Å². The molecule has 4 heteroatoms. The van der Waals surface area contributed by atoms with E-state index < -0.39 is 0 Å². The number of likely N-dealkylation sites (tertiary alicyclic amines) is 1. The van der Waals surface area contributed by atoms with Crippen molar-refractivity contribution >= 4 is 16.8 Å². The van der Waals surface area contributed by atoms with Gasteiger partial charge in [0.1, 0.15) is 5.75 Å². The van der Waals surface area contributed by atoms with Gasteiger partial charge in [0.25, 0.3) is 0 Å². The van der Waals surface area contributed by atoms with Crippen molar-refractivity contribution < 1.29 is 9.53 Å². The quantitative estimate of drug-likeness (QED) is 0.852. The summed E-state index contributed by atoms with van der Waals surface area (Å²) >= 11 is 0. The lowest BCUT2D eigenvalue weighted by Crippen LogP contribution is -2.39. The minimum Gasteiger partial charge on any atom is -0.497 e. The summed E-state index contributed by atoms with van der Waals surface area (Å²) < 4.78 is 5.40. The highest BCUT2D eigenvalue weighted by molar-refractivity contribution is 5.85. The van der Waals surface area contributed by atoms with Crippen molar-refractivity contribution in [1.82, 2.24) is 9.88 Å². The zero-order valence-corrected chi connectivity index (χ0v) is 16.2. The number of nitrogens with zero attached hydrogens (tertiary/aromatic N) is 1. The molecule has 1 saturated heterocycles. The molecule has 1 N–H and O–H groups in total. The lowest BCUT2D eigenvalue weighted by Gasteiger charge is -2.33. The van der Waals surface area contributed by atoms with Gasteiger partial charge in [0.15, 0.2) is 0 Å². The van der Waals surface area contributed by atoms with Gasteiger partial charge in [-0.15, -0.1) is 0 Å². The summed E-state index contributed by atoms with van der Waals surface area (Å²) in [5, 5.41) is 1.26. The van der Waals surface area contributed by atoms with Crippen molar-refractivity contribution in [1.29, 1.82) is 0 Å². The molecule has 2 bridgehead atoms. The number of H-pyrrole nitrogens is 1. The second-order valence-electron chi connectivity index (χ2n) is 8.95. The van der Waals surface area contributed by atoms with Crippen molar-refractivity contribution in [3.8, 4) is 5.75 Å². The third kappa shape index (κ3) is 3.13. The highest BCUT2D eigenvalue weighted by atomic mass is 16.5. The SMILES string of the molecule is COc1ccc2[nH]cc(C3CCN(C(=O)CC4CC5CCC4C5)CC3)c2c1. The topological polar surface area (TPSA) is 45.3 Å². The van der Waals surface area contributed by atoms with E-state index in [-0.39, 0.29) is 0 Å². The minimum atomic E-state index is 0.409. The molecule has 144 valence electrons. The highest BCUT2D eigenvalue weighted by Crippen LogP contribution is 2.49. The van der Waals surface area contributed by atoms with Gasteiger partial charge in [-0.05, 0) is 79.5 Å². The number of aromatic amines is 1. The Kier molecular flexibility index (Phi) is 4.37. The molecule has 1 aromatic heterocycles. The first-order valence-electron chi connectivity index (χ1n) is 10.6. The van der Waals surface area contributed by atoms with E-state index in [4.69, 9.17) is 4.74 Å². The van der Waals surface area contributed by atoms with Gasteiger partial charge < -0.3 is 14.6 Å². The van der Waals surface area contributed by atoms with E-state index in [0.717, 1.165) is 49.9 Å². The average Bonchev–Trinajstić information content (AvgIpc) is 3.43. The third-order valence-electron chi connectivity index (χ3n) is 7.53. The number of carbonyl (C=O) groups excluding carboxylic acids is 1. The van der Waals surface area contributed by atoms with Crippen LogP contribution < -0.4 is 4.74 Å². The summed E-state index contributed by atoms with van der Waals surface area (Å²) in [6.07, 6.45) is 10.6. The van der Waals surface area contributed by atoms with Crippen LogP contribution >= 0.6 is 0 Å². The third-order valence-corrected chi connectivity index (χ3v) is 7.53. The number of fused-ring (bicyclic) bond motifs is 3. The minimum absolute atomic E-state index is 0.409. The van der Waals surface area contributed by atoms with Crippen LogP contribution in [0.2, 0.25) is 0 Å². The second-order valence-corrected chi connectivity index (χ2v) is 8.95. The van der Waals surface area contributed by atoms with Crippen LogP contribution in [-0.2, 0) is 4.79 Å². The zero-order chi connectivity index (χ0) is 18.4. The molecule has 3 unspecified atom stereocenters. The van der Waals surface area contributed by atoms with Crippen molar-refractivity contribution in [2.75, 3.05) is 20.2 Å². The predicted molar refractivity (Wildman–Crippen MR) is 107 cm³/mol. The van der Waals surface area contributed by atoms with Crippen LogP contribution in [0, 0.1) is 17.8 Å². The molecule has 0 radical (unpaired) electrons. The molecule has 0 spiro atoms. The number of benzene rings is 1. The molecule has 2 saturated carbocycles. The van der Waals surface area contributed by atoms with E-state index in [1.54, 1.807) is 7.11 Å². The van der Waals surface area contributed by atoms with E-state index in [9.17, 15) is 4.79 Å². The maximum atomic E-state index is 12.8. The number of hydrogen-bond donors (Lipinski definition) is 1. The molecule has 2 heterocycles. The highest BCUT2D eigenvalue weighted by Gasteiger charge is 2.40. The Morgan fingerprint density at radius 3 is 2.74 bits per heavy atom.